The minimum atomic E-state index is -1.72. The molecule has 8 fully saturated rings. The first-order valence-electron chi connectivity index (χ1n) is 29.7. The van der Waals surface area contributed by atoms with Gasteiger partial charge in [-0.25, -0.2) is 4.79 Å². The number of methoxy groups -OCH3 is 2. The minimum Gasteiger partial charge on any atom is -0.458 e. The van der Waals surface area contributed by atoms with E-state index in [2.05, 4.69) is 11.9 Å². The molecule has 6 heterocycles. The normalized spacial score (nSPS) is 50.1. The predicted molar refractivity (Wildman–Crippen MR) is 285 cm³/mol. The summed E-state index contributed by atoms with van der Waals surface area (Å²) >= 11 is 0. The van der Waals surface area contributed by atoms with E-state index >= 15 is 0 Å². The van der Waals surface area contributed by atoms with Crippen molar-refractivity contribution in [1.82, 2.24) is 4.98 Å². The molecule has 4 aliphatic carbocycles. The number of ketones is 1. The van der Waals surface area contributed by atoms with Crippen molar-refractivity contribution in [3.05, 3.63) is 41.7 Å². The van der Waals surface area contributed by atoms with Crippen LogP contribution in [-0.2, 0) is 66.4 Å². The molecule has 83 heavy (non-hydrogen) atoms. The second-order valence-electron chi connectivity index (χ2n) is 25.4. The number of nitrogens with zero attached hydrogens (tertiary/aromatic N) is 1. The lowest BCUT2D eigenvalue weighted by atomic mass is 9.43. The molecule has 24 heteroatoms. The highest BCUT2D eigenvalue weighted by molar-refractivity contribution is 5.89. The van der Waals surface area contributed by atoms with Crippen LogP contribution >= 0.6 is 0 Å². The van der Waals surface area contributed by atoms with Gasteiger partial charge in [-0.05, 0) is 97.1 Å². The van der Waals surface area contributed by atoms with E-state index in [1.54, 1.807) is 53.1 Å². The Morgan fingerprint density at radius 3 is 1.78 bits per heavy atom. The van der Waals surface area contributed by atoms with E-state index in [1.807, 2.05) is 13.0 Å². The van der Waals surface area contributed by atoms with Crippen LogP contribution in [0.5, 0.6) is 0 Å². The van der Waals surface area contributed by atoms with E-state index in [0.29, 0.717) is 32.1 Å². The number of hydrogen-bond acceptors (Lipinski definition) is 24. The fourth-order valence-corrected chi connectivity index (χ4v) is 15.9. The summed E-state index contributed by atoms with van der Waals surface area (Å²) < 4.78 is 80.6. The SMILES string of the molecule is COC1CC(OC2CCC3(C)C(=CCC4(O)C3CC(OC(=O)c3cccnc3)C3(C)C(C(C)=O)CCC43O)C2)OC(C)C1OC1CC(O)C(OC2CC(O)C(OC3CC(OC)C(OC4OC(CO)C(O)C(O)C4O)C(C)O3)C(C)O2)C(C)O1. The van der Waals surface area contributed by atoms with E-state index in [-0.39, 0.29) is 56.0 Å². The summed E-state index contributed by atoms with van der Waals surface area (Å²) in [6, 6.07) is 3.27. The van der Waals surface area contributed by atoms with Gasteiger partial charge in [0.25, 0.3) is 0 Å². The summed E-state index contributed by atoms with van der Waals surface area (Å²) in [4.78, 5) is 31.0. The zero-order valence-electron chi connectivity index (χ0n) is 49.0. The van der Waals surface area contributed by atoms with Crippen LogP contribution in [0.3, 0.4) is 0 Å². The summed E-state index contributed by atoms with van der Waals surface area (Å²) in [6.45, 7) is 11.9. The third-order valence-electron chi connectivity index (χ3n) is 20.6. The molecule has 24 nitrogen and oxygen atoms in total. The van der Waals surface area contributed by atoms with Gasteiger partial charge in [-0.2, -0.15) is 0 Å². The van der Waals surface area contributed by atoms with Crippen LogP contribution in [-0.4, -0.2) is 231 Å². The number of aliphatic hydroxyl groups is 8. The predicted octanol–water partition coefficient (Wildman–Crippen LogP) is 1.63. The van der Waals surface area contributed by atoms with E-state index < -0.39 is 182 Å². The quantitative estimate of drug-likeness (QED) is 0.0861. The number of aliphatic hydroxyl groups excluding tert-OH is 6. The Labute approximate surface area is 484 Å². The van der Waals surface area contributed by atoms with Crippen molar-refractivity contribution in [2.75, 3.05) is 20.8 Å². The number of pyridine rings is 1. The molecule has 1 aromatic rings. The van der Waals surface area contributed by atoms with Crippen molar-refractivity contribution in [2.45, 2.75) is 272 Å². The first-order chi connectivity index (χ1) is 39.4. The standard InChI is InChI=1S/C59H89NO23/c1-27(62)35-14-17-59(70)57(35,7)42(79-54(68)32-11-10-18-60-25-32)24-41-56(6)15-13-34(19-33(56)12-16-58(41,59)69)77-45-22-38(71-8)52(30(4)75-45)82-44-21-37(64)50(28(2)74-44)80-43-20-36(63)51(29(3)73-43)81-46-23-39(72-9)53(31(5)76-46)83-55-49(67)48(66)47(65)40(26-61)78-55/h10-12,18,25,28-31,34-53,55,61,63-67,69-70H,13-17,19-24,26H2,1-9H3. The fraction of sp³-hybridized carbons (Fsp3) is 0.847. The van der Waals surface area contributed by atoms with E-state index in [1.165, 1.54) is 20.2 Å². The van der Waals surface area contributed by atoms with Crippen molar-refractivity contribution in [1.29, 1.82) is 0 Å². The van der Waals surface area contributed by atoms with Crippen LogP contribution in [0.25, 0.3) is 0 Å². The number of hydrogen-bond donors (Lipinski definition) is 8. The molecule has 10 rings (SSSR count). The fourth-order valence-electron chi connectivity index (χ4n) is 15.9. The lowest BCUT2D eigenvalue weighted by Gasteiger charge is -2.66. The van der Waals surface area contributed by atoms with Gasteiger partial charge in [0.1, 0.15) is 71.9 Å². The van der Waals surface area contributed by atoms with E-state index in [4.69, 9.17) is 61.6 Å². The van der Waals surface area contributed by atoms with Crippen molar-refractivity contribution in [3.63, 3.8) is 0 Å². The van der Waals surface area contributed by atoms with Gasteiger partial charge < -0.3 is 102 Å². The van der Waals surface area contributed by atoms with E-state index in [9.17, 15) is 50.4 Å². The van der Waals surface area contributed by atoms with Gasteiger partial charge in [0.05, 0.1) is 67.1 Å². The maximum atomic E-state index is 13.7. The first kappa shape index (κ1) is 63.3. The van der Waals surface area contributed by atoms with Crippen LogP contribution in [0, 0.1) is 22.7 Å². The first-order valence-corrected chi connectivity index (χ1v) is 29.7. The summed E-state index contributed by atoms with van der Waals surface area (Å²) in [5.41, 5.74) is -3.78. The number of carbonyl (C=O) groups excluding carboxylic acids is 2. The summed E-state index contributed by atoms with van der Waals surface area (Å²) in [5, 5.41) is 89.5. The molecule has 29 atom stereocenters. The average Bonchev–Trinajstić information content (AvgIpc) is 1.72. The average molecular weight is 1180 g/mol. The Bertz CT molecular complexity index is 2400. The summed E-state index contributed by atoms with van der Waals surface area (Å²) in [5.74, 6) is -1.83. The van der Waals surface area contributed by atoms with Crippen LogP contribution in [0.4, 0.5) is 0 Å². The lowest BCUT2D eigenvalue weighted by Crippen LogP contribution is -2.75. The molecular weight excluding hydrogens is 1090 g/mol. The number of fused-ring (bicyclic) bond motifs is 5. The van der Waals surface area contributed by atoms with Gasteiger partial charge in [-0.1, -0.05) is 25.5 Å². The monoisotopic (exact) mass is 1180 g/mol. The molecule has 1 aromatic heterocycles. The molecule has 5 aliphatic heterocycles. The number of Topliss-reactive ketones (excluding diaryl/α,β-unsaturated/α-hetero) is 1. The molecule has 468 valence electrons. The Hall–Kier alpha value is -2.77. The second kappa shape index (κ2) is 25.0. The molecule has 3 saturated carbocycles. The van der Waals surface area contributed by atoms with Crippen molar-refractivity contribution in [3.8, 4) is 0 Å². The van der Waals surface area contributed by atoms with E-state index in [0.717, 1.165) is 5.57 Å². The Balaban J connectivity index is 0.704. The van der Waals surface area contributed by atoms with Gasteiger partial charge in [0.15, 0.2) is 31.5 Å². The van der Waals surface area contributed by atoms with Crippen molar-refractivity contribution < 1.29 is 112 Å². The lowest BCUT2D eigenvalue weighted by molar-refractivity contribution is -0.357. The highest BCUT2D eigenvalue weighted by Crippen LogP contribution is 2.70. The molecule has 0 amide bonds. The van der Waals surface area contributed by atoms with Crippen molar-refractivity contribution >= 4 is 11.8 Å². The number of aromatic nitrogens is 1. The number of carbonyl (C=O) groups is 2. The molecule has 0 radical (unpaired) electrons. The molecule has 9 aliphatic rings. The maximum absolute atomic E-state index is 13.7. The van der Waals surface area contributed by atoms with Gasteiger partial charge in [-0.3, -0.25) is 9.78 Å². The molecule has 5 saturated heterocycles. The van der Waals surface area contributed by atoms with Gasteiger partial charge in [0.2, 0.25) is 0 Å². The second-order valence-corrected chi connectivity index (χ2v) is 25.4. The molecule has 0 spiro atoms. The number of rotatable bonds is 16. The minimum absolute atomic E-state index is 0.00141. The number of esters is 1. The van der Waals surface area contributed by atoms with Gasteiger partial charge in [0, 0.05) is 69.5 Å². The molecular formula is C59H89NO23. The zero-order valence-corrected chi connectivity index (χ0v) is 49.0. The van der Waals surface area contributed by atoms with Gasteiger partial charge >= 0.3 is 5.97 Å². The molecule has 29 unspecified atom stereocenters. The van der Waals surface area contributed by atoms with Crippen LogP contribution in [0.1, 0.15) is 129 Å². The largest absolute Gasteiger partial charge is 0.458 e. The number of ether oxygens (including phenoxy) is 13. The topological polar surface area (TPSA) is 329 Å². The zero-order chi connectivity index (χ0) is 59.7. The summed E-state index contributed by atoms with van der Waals surface area (Å²) in [6.07, 6.45) is -12.3. The third-order valence-corrected chi connectivity index (χ3v) is 20.6. The van der Waals surface area contributed by atoms with Gasteiger partial charge in [-0.15, -0.1) is 0 Å². The molecule has 0 aromatic carbocycles. The van der Waals surface area contributed by atoms with Crippen LogP contribution < -0.4 is 0 Å². The third kappa shape index (κ3) is 11.7. The van der Waals surface area contributed by atoms with Crippen LogP contribution in [0.2, 0.25) is 0 Å². The highest BCUT2D eigenvalue weighted by Gasteiger charge is 2.77. The Morgan fingerprint density at radius 1 is 0.687 bits per heavy atom. The van der Waals surface area contributed by atoms with Crippen molar-refractivity contribution in [2.24, 2.45) is 22.7 Å². The Kier molecular flexibility index (Phi) is 19.1. The maximum Gasteiger partial charge on any atom is 0.339 e. The molecule has 0 bridgehead atoms. The summed E-state index contributed by atoms with van der Waals surface area (Å²) in [7, 11) is 3.07. The Morgan fingerprint density at radius 2 is 1.24 bits per heavy atom. The highest BCUT2D eigenvalue weighted by atomic mass is 16.8. The molecule has 8 N–H and O–H groups in total. The van der Waals surface area contributed by atoms with Crippen LogP contribution in [0.15, 0.2) is 36.2 Å². The smallest absolute Gasteiger partial charge is 0.339 e.